The molecule has 0 aromatic carbocycles. The Bertz CT molecular complexity index is 317. The minimum Gasteiger partial charge on any atom is -0.326 e. The van der Waals surface area contributed by atoms with Crippen molar-refractivity contribution in [3.63, 3.8) is 0 Å². The quantitative estimate of drug-likeness (QED) is 0.770. The highest BCUT2D eigenvalue weighted by molar-refractivity contribution is 5.13. The van der Waals surface area contributed by atoms with Gasteiger partial charge >= 0.3 is 0 Å². The highest BCUT2D eigenvalue weighted by Gasteiger charge is 2.10. The van der Waals surface area contributed by atoms with E-state index in [0.29, 0.717) is 6.54 Å². The van der Waals surface area contributed by atoms with Gasteiger partial charge in [-0.2, -0.15) is 0 Å². The Hall–Kier alpha value is -0.930. The number of nitrogens with two attached hydrogens (primary N) is 1. The first-order chi connectivity index (χ1) is 8.73. The molecule has 1 heterocycles. The van der Waals surface area contributed by atoms with Gasteiger partial charge in [0.15, 0.2) is 0 Å². The fourth-order valence-corrected chi connectivity index (χ4v) is 2.12. The summed E-state index contributed by atoms with van der Waals surface area (Å²) < 4.78 is 0. The number of rotatable bonds is 8. The number of nitrogens with zero attached hydrogens (tertiary/aromatic N) is 2. The van der Waals surface area contributed by atoms with E-state index in [4.69, 9.17) is 5.73 Å². The zero-order valence-corrected chi connectivity index (χ0v) is 12.0. The molecule has 0 aliphatic rings. The van der Waals surface area contributed by atoms with Crippen LogP contribution in [0.1, 0.15) is 44.9 Å². The lowest BCUT2D eigenvalue weighted by Crippen LogP contribution is -2.29. The molecule has 0 spiro atoms. The Labute approximate surface area is 111 Å². The minimum atomic E-state index is 0.568. The molecule has 3 heteroatoms. The van der Waals surface area contributed by atoms with Gasteiger partial charge in [-0.3, -0.25) is 9.88 Å². The van der Waals surface area contributed by atoms with E-state index in [0.717, 1.165) is 30.3 Å². The molecule has 0 fully saturated rings. The first-order valence-corrected chi connectivity index (χ1v) is 7.09. The molecule has 1 aromatic heterocycles. The highest BCUT2D eigenvalue weighted by atomic mass is 15.1. The molecule has 0 saturated carbocycles. The Morgan fingerprint density at radius 2 is 1.94 bits per heavy atom. The molecule has 0 unspecified atom stereocenters. The van der Waals surface area contributed by atoms with Crippen molar-refractivity contribution >= 4 is 0 Å². The topological polar surface area (TPSA) is 42.1 Å². The van der Waals surface area contributed by atoms with Crippen LogP contribution in [0.2, 0.25) is 0 Å². The molecule has 0 amide bonds. The standard InChI is InChI=1S/C15H27N3/c1-4-13(5-2)11-18(6-3)12-15-8-7-14(9-16)10-17-15/h7-8,10,13H,4-6,9,11-12,16H2,1-3H3. The van der Waals surface area contributed by atoms with Crippen molar-refractivity contribution < 1.29 is 0 Å². The van der Waals surface area contributed by atoms with Crippen LogP contribution in [-0.4, -0.2) is 23.0 Å². The molecule has 0 aliphatic heterocycles. The van der Waals surface area contributed by atoms with Gasteiger partial charge in [0.1, 0.15) is 0 Å². The lowest BCUT2D eigenvalue weighted by atomic mass is 10.0. The zero-order chi connectivity index (χ0) is 13.4. The van der Waals surface area contributed by atoms with Crippen molar-refractivity contribution in [1.29, 1.82) is 0 Å². The third kappa shape index (κ3) is 4.75. The van der Waals surface area contributed by atoms with Crippen molar-refractivity contribution in [2.24, 2.45) is 11.7 Å². The summed E-state index contributed by atoms with van der Waals surface area (Å²) in [5.74, 6) is 0.799. The van der Waals surface area contributed by atoms with E-state index in [1.165, 1.54) is 19.4 Å². The Kier molecular flexibility index (Phi) is 6.91. The molecule has 2 N–H and O–H groups in total. The maximum absolute atomic E-state index is 5.58. The van der Waals surface area contributed by atoms with Crippen LogP contribution in [0, 0.1) is 5.92 Å². The predicted octanol–water partition coefficient (Wildman–Crippen LogP) is 2.80. The average Bonchev–Trinajstić information content (AvgIpc) is 2.44. The maximum Gasteiger partial charge on any atom is 0.0544 e. The van der Waals surface area contributed by atoms with Gasteiger partial charge < -0.3 is 5.73 Å². The van der Waals surface area contributed by atoms with Crippen molar-refractivity contribution in [1.82, 2.24) is 9.88 Å². The summed E-state index contributed by atoms with van der Waals surface area (Å²) in [5, 5.41) is 0. The smallest absolute Gasteiger partial charge is 0.0544 e. The first-order valence-electron chi connectivity index (χ1n) is 7.09. The van der Waals surface area contributed by atoms with Crippen LogP contribution in [0.3, 0.4) is 0 Å². The number of hydrogen-bond acceptors (Lipinski definition) is 3. The fraction of sp³-hybridized carbons (Fsp3) is 0.667. The first kappa shape index (κ1) is 15.1. The molecule has 1 rings (SSSR count). The van der Waals surface area contributed by atoms with Crippen LogP contribution < -0.4 is 5.73 Å². The molecule has 0 atom stereocenters. The van der Waals surface area contributed by atoms with Gasteiger partial charge in [0.05, 0.1) is 5.69 Å². The summed E-state index contributed by atoms with van der Waals surface area (Å²) in [7, 11) is 0. The number of pyridine rings is 1. The van der Waals surface area contributed by atoms with E-state index in [2.05, 4.69) is 42.8 Å². The van der Waals surface area contributed by atoms with Crippen molar-refractivity contribution in [2.45, 2.75) is 46.7 Å². The second-order valence-electron chi connectivity index (χ2n) is 4.87. The molecule has 1 aromatic rings. The number of aromatic nitrogens is 1. The molecule has 0 saturated heterocycles. The van der Waals surface area contributed by atoms with E-state index >= 15 is 0 Å². The second-order valence-corrected chi connectivity index (χ2v) is 4.87. The SMILES string of the molecule is CCC(CC)CN(CC)Cc1ccc(CN)cn1. The van der Waals surface area contributed by atoms with Crippen LogP contribution >= 0.6 is 0 Å². The molecule has 0 aliphatic carbocycles. The molecule has 3 nitrogen and oxygen atoms in total. The molecule has 102 valence electrons. The molecular formula is C15H27N3. The van der Waals surface area contributed by atoms with E-state index < -0.39 is 0 Å². The third-order valence-corrected chi connectivity index (χ3v) is 3.63. The maximum atomic E-state index is 5.58. The normalized spacial score (nSPS) is 11.4. The predicted molar refractivity (Wildman–Crippen MR) is 77.2 cm³/mol. The second kappa shape index (κ2) is 8.22. The summed E-state index contributed by atoms with van der Waals surface area (Å²) in [6.45, 7) is 10.5. The molecule has 0 radical (unpaired) electrons. The van der Waals surface area contributed by atoms with Crippen LogP contribution in [0.15, 0.2) is 18.3 Å². The average molecular weight is 249 g/mol. The largest absolute Gasteiger partial charge is 0.326 e. The highest BCUT2D eigenvalue weighted by Crippen LogP contribution is 2.12. The summed E-state index contributed by atoms with van der Waals surface area (Å²) in [6, 6.07) is 4.17. The monoisotopic (exact) mass is 249 g/mol. The summed E-state index contributed by atoms with van der Waals surface area (Å²) in [6.07, 6.45) is 4.40. The van der Waals surface area contributed by atoms with E-state index in [1.807, 2.05) is 6.20 Å². The van der Waals surface area contributed by atoms with Crippen molar-refractivity contribution in [2.75, 3.05) is 13.1 Å². The molecule has 0 bridgehead atoms. The van der Waals surface area contributed by atoms with E-state index in [9.17, 15) is 0 Å². The lowest BCUT2D eigenvalue weighted by molar-refractivity contribution is 0.224. The Morgan fingerprint density at radius 1 is 1.22 bits per heavy atom. The third-order valence-electron chi connectivity index (χ3n) is 3.63. The van der Waals surface area contributed by atoms with Gasteiger partial charge in [-0.15, -0.1) is 0 Å². The van der Waals surface area contributed by atoms with Gasteiger partial charge in [0.25, 0.3) is 0 Å². The lowest BCUT2D eigenvalue weighted by Gasteiger charge is -2.24. The minimum absolute atomic E-state index is 0.568. The van der Waals surface area contributed by atoms with Crippen LogP contribution in [-0.2, 0) is 13.1 Å². The van der Waals surface area contributed by atoms with Crippen molar-refractivity contribution in [3.8, 4) is 0 Å². The zero-order valence-electron chi connectivity index (χ0n) is 12.0. The summed E-state index contributed by atoms with van der Waals surface area (Å²) in [5.41, 5.74) is 7.82. The summed E-state index contributed by atoms with van der Waals surface area (Å²) >= 11 is 0. The van der Waals surface area contributed by atoms with Gasteiger partial charge in [0, 0.05) is 25.8 Å². The van der Waals surface area contributed by atoms with Gasteiger partial charge in [0.2, 0.25) is 0 Å². The fourth-order valence-electron chi connectivity index (χ4n) is 2.12. The van der Waals surface area contributed by atoms with E-state index in [-0.39, 0.29) is 0 Å². The van der Waals surface area contributed by atoms with Gasteiger partial charge in [-0.05, 0) is 24.1 Å². The Balaban J connectivity index is 2.55. The van der Waals surface area contributed by atoms with Crippen molar-refractivity contribution in [3.05, 3.63) is 29.6 Å². The molecular weight excluding hydrogens is 222 g/mol. The Morgan fingerprint density at radius 3 is 2.39 bits per heavy atom. The van der Waals surface area contributed by atoms with Crippen LogP contribution in [0.25, 0.3) is 0 Å². The van der Waals surface area contributed by atoms with Gasteiger partial charge in [-0.25, -0.2) is 0 Å². The van der Waals surface area contributed by atoms with Crippen LogP contribution in [0.4, 0.5) is 0 Å². The molecule has 18 heavy (non-hydrogen) atoms. The summed E-state index contributed by atoms with van der Waals surface area (Å²) in [4.78, 5) is 6.95. The number of hydrogen-bond donors (Lipinski definition) is 1. The van der Waals surface area contributed by atoms with Crippen LogP contribution in [0.5, 0.6) is 0 Å². The van der Waals surface area contributed by atoms with Gasteiger partial charge in [-0.1, -0.05) is 39.7 Å². The van der Waals surface area contributed by atoms with E-state index in [1.54, 1.807) is 0 Å².